The molecule has 0 bridgehead atoms. The van der Waals surface area contributed by atoms with Crippen LogP contribution in [0.3, 0.4) is 0 Å². The van der Waals surface area contributed by atoms with Crippen LogP contribution in [-0.2, 0) is 11.2 Å². The molecule has 0 spiro atoms. The van der Waals surface area contributed by atoms with Crippen LogP contribution in [-0.4, -0.2) is 32.8 Å². The van der Waals surface area contributed by atoms with Gasteiger partial charge in [0.05, 0.1) is 10.7 Å². The second kappa shape index (κ2) is 7.96. The van der Waals surface area contributed by atoms with Gasteiger partial charge in [0.1, 0.15) is 17.2 Å². The summed E-state index contributed by atoms with van der Waals surface area (Å²) in [6.07, 6.45) is 1.95. The van der Waals surface area contributed by atoms with Gasteiger partial charge in [-0.3, -0.25) is 5.32 Å². The fraction of sp³-hybridized carbons (Fsp3) is 0.316. The number of nitrogens with zero attached hydrogens (tertiary/aromatic N) is 3. The Morgan fingerprint density at radius 2 is 2.00 bits per heavy atom. The normalized spacial score (nSPS) is 11.4. The molecule has 0 atom stereocenters. The van der Waals surface area contributed by atoms with Crippen LogP contribution in [0.1, 0.15) is 26.3 Å². The maximum atomic E-state index is 12.2. The first kappa shape index (κ1) is 19.2. The van der Waals surface area contributed by atoms with Crippen LogP contribution in [0.15, 0.2) is 47.1 Å². The first-order valence-corrected chi connectivity index (χ1v) is 9.43. The van der Waals surface area contributed by atoms with Crippen molar-refractivity contribution < 1.29 is 9.53 Å². The second-order valence-corrected chi connectivity index (χ2v) is 7.90. The first-order chi connectivity index (χ1) is 12.8. The van der Waals surface area contributed by atoms with Gasteiger partial charge in [-0.1, -0.05) is 30.3 Å². The number of aromatic nitrogens is 3. The van der Waals surface area contributed by atoms with Gasteiger partial charge in [0.15, 0.2) is 5.65 Å². The lowest BCUT2D eigenvalue weighted by Crippen LogP contribution is -2.28. The van der Waals surface area contributed by atoms with E-state index in [0.29, 0.717) is 23.8 Å². The molecular formula is C19H22BrN5O2. The summed E-state index contributed by atoms with van der Waals surface area (Å²) in [6.45, 7) is 6.16. The molecule has 8 heteroatoms. The van der Waals surface area contributed by atoms with Crippen LogP contribution in [0.5, 0.6) is 0 Å². The summed E-state index contributed by atoms with van der Waals surface area (Å²) < 4.78 is 7.62. The molecule has 3 aromatic rings. The zero-order valence-corrected chi connectivity index (χ0v) is 17.1. The van der Waals surface area contributed by atoms with E-state index in [1.54, 1.807) is 16.8 Å². The third-order valence-corrected chi connectivity index (χ3v) is 4.18. The Bertz CT molecular complexity index is 934. The van der Waals surface area contributed by atoms with E-state index in [9.17, 15) is 4.79 Å². The van der Waals surface area contributed by atoms with Crippen molar-refractivity contribution in [2.45, 2.75) is 32.8 Å². The number of rotatable bonds is 5. The van der Waals surface area contributed by atoms with E-state index >= 15 is 0 Å². The van der Waals surface area contributed by atoms with Gasteiger partial charge in [-0.2, -0.15) is 9.61 Å². The number of ether oxygens (including phenoxy) is 1. The highest BCUT2D eigenvalue weighted by Crippen LogP contribution is 2.23. The minimum Gasteiger partial charge on any atom is -0.444 e. The predicted octanol–water partition coefficient (Wildman–Crippen LogP) is 4.49. The van der Waals surface area contributed by atoms with E-state index in [4.69, 9.17) is 4.74 Å². The molecule has 142 valence electrons. The maximum absolute atomic E-state index is 12.2. The highest BCUT2D eigenvalue weighted by atomic mass is 79.9. The third kappa shape index (κ3) is 5.19. The second-order valence-electron chi connectivity index (χ2n) is 7.04. The van der Waals surface area contributed by atoms with Crippen LogP contribution in [0.4, 0.5) is 16.4 Å². The number of carbonyl (C=O) groups excluding carboxylic acids is 1. The maximum Gasteiger partial charge on any atom is 0.413 e. The summed E-state index contributed by atoms with van der Waals surface area (Å²) in [5, 5.41) is 10.3. The van der Waals surface area contributed by atoms with Crippen molar-refractivity contribution in [1.82, 2.24) is 14.6 Å². The van der Waals surface area contributed by atoms with Gasteiger partial charge in [-0.15, -0.1) is 0 Å². The highest BCUT2D eigenvalue weighted by molar-refractivity contribution is 9.10. The van der Waals surface area contributed by atoms with Crippen molar-refractivity contribution in [3.8, 4) is 0 Å². The summed E-state index contributed by atoms with van der Waals surface area (Å²) in [6, 6.07) is 11.9. The van der Waals surface area contributed by atoms with Gasteiger partial charge in [0.2, 0.25) is 0 Å². The SMILES string of the molecule is CC(C)(C)OC(=O)Nc1cc(NCCc2ccccc2)nc2c(Br)cnn12. The Balaban J connectivity index is 1.77. The number of nitrogens with one attached hydrogen (secondary N) is 2. The van der Waals surface area contributed by atoms with E-state index in [2.05, 4.69) is 48.8 Å². The summed E-state index contributed by atoms with van der Waals surface area (Å²) in [5.41, 5.74) is 1.26. The quantitative estimate of drug-likeness (QED) is 0.621. The van der Waals surface area contributed by atoms with Crippen LogP contribution in [0, 0.1) is 0 Å². The molecule has 2 heterocycles. The van der Waals surface area contributed by atoms with E-state index in [1.165, 1.54) is 5.56 Å². The van der Waals surface area contributed by atoms with E-state index in [1.807, 2.05) is 39.0 Å². The van der Waals surface area contributed by atoms with Gasteiger partial charge in [0.25, 0.3) is 0 Å². The largest absolute Gasteiger partial charge is 0.444 e. The zero-order valence-electron chi connectivity index (χ0n) is 15.5. The number of hydrogen-bond acceptors (Lipinski definition) is 5. The molecule has 0 saturated carbocycles. The average molecular weight is 432 g/mol. The molecule has 0 radical (unpaired) electrons. The topological polar surface area (TPSA) is 80.5 Å². The molecule has 1 aromatic carbocycles. The van der Waals surface area contributed by atoms with Gasteiger partial charge >= 0.3 is 6.09 Å². The number of benzene rings is 1. The Kier molecular flexibility index (Phi) is 5.65. The highest BCUT2D eigenvalue weighted by Gasteiger charge is 2.18. The fourth-order valence-electron chi connectivity index (χ4n) is 2.50. The van der Waals surface area contributed by atoms with Crippen molar-refractivity contribution in [1.29, 1.82) is 0 Å². The number of hydrogen-bond donors (Lipinski definition) is 2. The van der Waals surface area contributed by atoms with Crippen LogP contribution >= 0.6 is 15.9 Å². The molecule has 27 heavy (non-hydrogen) atoms. The monoisotopic (exact) mass is 431 g/mol. The number of carbonyl (C=O) groups is 1. The summed E-state index contributed by atoms with van der Waals surface area (Å²) in [4.78, 5) is 16.7. The molecule has 3 rings (SSSR count). The van der Waals surface area contributed by atoms with Gasteiger partial charge < -0.3 is 10.1 Å². The summed E-state index contributed by atoms with van der Waals surface area (Å²) in [5.74, 6) is 1.12. The van der Waals surface area contributed by atoms with Crippen LogP contribution < -0.4 is 10.6 Å². The van der Waals surface area contributed by atoms with Crippen molar-refractivity contribution in [2.24, 2.45) is 0 Å². The van der Waals surface area contributed by atoms with Crippen molar-refractivity contribution in [2.75, 3.05) is 17.2 Å². The molecule has 2 N–H and O–H groups in total. The lowest BCUT2D eigenvalue weighted by atomic mass is 10.1. The fourth-order valence-corrected chi connectivity index (χ4v) is 2.85. The molecule has 0 aliphatic rings. The smallest absolute Gasteiger partial charge is 0.413 e. The lowest BCUT2D eigenvalue weighted by molar-refractivity contribution is 0.0635. The predicted molar refractivity (Wildman–Crippen MR) is 109 cm³/mol. The molecule has 0 aliphatic carbocycles. The van der Waals surface area contributed by atoms with Crippen molar-refractivity contribution >= 4 is 39.3 Å². The molecule has 7 nitrogen and oxygen atoms in total. The number of anilines is 2. The van der Waals surface area contributed by atoms with Crippen LogP contribution in [0.2, 0.25) is 0 Å². The van der Waals surface area contributed by atoms with Gasteiger partial charge in [-0.25, -0.2) is 9.78 Å². The molecule has 0 unspecified atom stereocenters. The van der Waals surface area contributed by atoms with E-state index < -0.39 is 11.7 Å². The Labute approximate surface area is 166 Å². The van der Waals surface area contributed by atoms with Crippen molar-refractivity contribution in [3.05, 3.63) is 52.6 Å². The minimum absolute atomic E-state index is 0.474. The first-order valence-electron chi connectivity index (χ1n) is 8.64. The lowest BCUT2D eigenvalue weighted by Gasteiger charge is -2.20. The van der Waals surface area contributed by atoms with Gasteiger partial charge in [-0.05, 0) is 48.7 Å². The molecule has 0 aliphatic heterocycles. The third-order valence-electron chi connectivity index (χ3n) is 3.62. The number of fused-ring (bicyclic) bond motifs is 1. The standard InChI is InChI=1S/C19H22BrN5O2/c1-19(2,3)27-18(26)24-16-11-15(23-17-14(20)12-22-25(16)17)21-10-9-13-7-5-4-6-8-13/h4-8,11-12H,9-10H2,1-3H3,(H,21,23)(H,24,26). The molecule has 0 saturated heterocycles. The summed E-state index contributed by atoms with van der Waals surface area (Å²) in [7, 11) is 0. The van der Waals surface area contributed by atoms with Crippen molar-refractivity contribution in [3.63, 3.8) is 0 Å². The minimum atomic E-state index is -0.586. The van der Waals surface area contributed by atoms with E-state index in [0.717, 1.165) is 10.9 Å². The van der Waals surface area contributed by atoms with Crippen LogP contribution in [0.25, 0.3) is 5.65 Å². The molecule has 0 fully saturated rings. The Morgan fingerprint density at radius 1 is 1.26 bits per heavy atom. The molecule has 1 amide bonds. The number of amides is 1. The zero-order chi connectivity index (χ0) is 19.4. The average Bonchev–Trinajstić information content (AvgIpc) is 2.96. The molecule has 2 aromatic heterocycles. The Hall–Kier alpha value is -2.61. The summed E-state index contributed by atoms with van der Waals surface area (Å²) >= 11 is 3.44. The Morgan fingerprint density at radius 3 is 2.70 bits per heavy atom. The molecular weight excluding hydrogens is 410 g/mol. The van der Waals surface area contributed by atoms with E-state index in [-0.39, 0.29) is 0 Å². The number of halogens is 1. The van der Waals surface area contributed by atoms with Gasteiger partial charge in [0, 0.05) is 12.6 Å².